The first-order valence-corrected chi connectivity index (χ1v) is 7.48. The normalized spacial score (nSPS) is 23.6. The fourth-order valence-electron chi connectivity index (χ4n) is 3.69. The topological polar surface area (TPSA) is 15.3 Å². The van der Waals surface area contributed by atoms with Gasteiger partial charge in [-0.2, -0.15) is 0 Å². The number of hydrogen-bond donors (Lipinski definition) is 1. The maximum Gasteiger partial charge on any atom is 0.123 e. The van der Waals surface area contributed by atoms with Crippen molar-refractivity contribution in [2.75, 3.05) is 32.7 Å². The van der Waals surface area contributed by atoms with E-state index in [0.29, 0.717) is 0 Å². The molecule has 104 valence electrons. The van der Waals surface area contributed by atoms with Gasteiger partial charge in [0.1, 0.15) is 5.82 Å². The van der Waals surface area contributed by atoms with Gasteiger partial charge in [0.15, 0.2) is 0 Å². The first kappa shape index (κ1) is 13.1. The van der Waals surface area contributed by atoms with Crippen LogP contribution < -0.4 is 5.32 Å². The molecule has 1 saturated carbocycles. The predicted molar refractivity (Wildman–Crippen MR) is 75.9 cm³/mol. The van der Waals surface area contributed by atoms with Gasteiger partial charge < -0.3 is 5.32 Å². The summed E-state index contributed by atoms with van der Waals surface area (Å²) in [7, 11) is 0. The summed E-state index contributed by atoms with van der Waals surface area (Å²) in [4.78, 5) is 2.57. The van der Waals surface area contributed by atoms with E-state index in [1.54, 1.807) is 12.1 Å². The molecule has 2 nitrogen and oxygen atoms in total. The van der Waals surface area contributed by atoms with Gasteiger partial charge in [0.25, 0.3) is 0 Å². The average Bonchev–Trinajstić information content (AvgIpc) is 2.90. The van der Waals surface area contributed by atoms with Gasteiger partial charge in [0, 0.05) is 38.1 Å². The lowest BCUT2D eigenvalue weighted by Crippen LogP contribution is -2.48. The molecule has 0 unspecified atom stereocenters. The van der Waals surface area contributed by atoms with E-state index in [-0.39, 0.29) is 11.2 Å². The molecule has 19 heavy (non-hydrogen) atoms. The Morgan fingerprint density at radius 3 is 2.32 bits per heavy atom. The van der Waals surface area contributed by atoms with E-state index in [1.165, 1.54) is 31.2 Å². The Bertz CT molecular complexity index is 403. The van der Waals surface area contributed by atoms with E-state index in [4.69, 9.17) is 0 Å². The largest absolute Gasteiger partial charge is 0.314 e. The van der Waals surface area contributed by atoms with Crippen LogP contribution in [0.5, 0.6) is 0 Å². The van der Waals surface area contributed by atoms with Gasteiger partial charge in [-0.15, -0.1) is 0 Å². The molecule has 0 spiro atoms. The van der Waals surface area contributed by atoms with Crippen LogP contribution in [-0.2, 0) is 5.41 Å². The molecule has 0 aromatic heterocycles. The zero-order valence-electron chi connectivity index (χ0n) is 11.5. The molecule has 0 amide bonds. The van der Waals surface area contributed by atoms with Crippen LogP contribution in [0.25, 0.3) is 0 Å². The zero-order chi connectivity index (χ0) is 13.1. The van der Waals surface area contributed by atoms with Crippen molar-refractivity contribution >= 4 is 0 Å². The summed E-state index contributed by atoms with van der Waals surface area (Å²) in [5, 5.41) is 3.41. The standard InChI is InChI=1S/C16H23FN2/c17-15-5-3-14(4-6-15)16(7-1-2-8-16)13-19-11-9-18-10-12-19/h3-6,18H,1-2,7-13H2. The average molecular weight is 262 g/mol. The van der Waals surface area contributed by atoms with Crippen molar-refractivity contribution in [3.63, 3.8) is 0 Å². The van der Waals surface area contributed by atoms with Crippen molar-refractivity contribution < 1.29 is 4.39 Å². The molecule has 1 N–H and O–H groups in total. The molecule has 0 radical (unpaired) electrons. The predicted octanol–water partition coefficient (Wildman–Crippen LogP) is 2.54. The molecule has 1 aromatic carbocycles. The summed E-state index contributed by atoms with van der Waals surface area (Å²) in [6.07, 6.45) is 5.12. The minimum absolute atomic E-state index is 0.126. The monoisotopic (exact) mass is 262 g/mol. The van der Waals surface area contributed by atoms with E-state index < -0.39 is 0 Å². The van der Waals surface area contributed by atoms with Crippen LogP contribution in [-0.4, -0.2) is 37.6 Å². The Labute approximate surface area is 115 Å². The summed E-state index contributed by atoms with van der Waals surface area (Å²) in [6, 6.07) is 7.24. The fraction of sp³-hybridized carbons (Fsp3) is 0.625. The second-order valence-corrected chi connectivity index (χ2v) is 6.02. The Hall–Kier alpha value is -0.930. The van der Waals surface area contributed by atoms with Crippen LogP contribution in [0.3, 0.4) is 0 Å². The molecule has 1 saturated heterocycles. The summed E-state index contributed by atoms with van der Waals surface area (Å²) in [5.74, 6) is -0.126. The van der Waals surface area contributed by atoms with Crippen LogP contribution >= 0.6 is 0 Å². The van der Waals surface area contributed by atoms with Gasteiger partial charge in [0.2, 0.25) is 0 Å². The number of nitrogens with one attached hydrogen (secondary N) is 1. The van der Waals surface area contributed by atoms with Gasteiger partial charge in [0.05, 0.1) is 0 Å². The third-order valence-electron chi connectivity index (χ3n) is 4.75. The van der Waals surface area contributed by atoms with Crippen molar-refractivity contribution in [1.82, 2.24) is 10.2 Å². The lowest BCUT2D eigenvalue weighted by molar-refractivity contribution is 0.185. The highest BCUT2D eigenvalue weighted by molar-refractivity contribution is 5.28. The van der Waals surface area contributed by atoms with Gasteiger partial charge in [-0.05, 0) is 30.5 Å². The molecule has 3 rings (SSSR count). The molecule has 0 atom stereocenters. The van der Waals surface area contributed by atoms with Crippen LogP contribution in [0.2, 0.25) is 0 Å². The maximum atomic E-state index is 13.1. The molecule has 1 heterocycles. The van der Waals surface area contributed by atoms with Crippen LogP contribution in [0.1, 0.15) is 31.2 Å². The van der Waals surface area contributed by atoms with Crippen LogP contribution in [0, 0.1) is 5.82 Å². The van der Waals surface area contributed by atoms with E-state index in [1.807, 2.05) is 12.1 Å². The second-order valence-electron chi connectivity index (χ2n) is 6.02. The van der Waals surface area contributed by atoms with Gasteiger partial charge >= 0.3 is 0 Å². The molecular formula is C16H23FN2. The number of hydrogen-bond acceptors (Lipinski definition) is 2. The summed E-state index contributed by atoms with van der Waals surface area (Å²) in [6.45, 7) is 5.62. The summed E-state index contributed by atoms with van der Waals surface area (Å²) < 4.78 is 13.1. The van der Waals surface area contributed by atoms with Crippen LogP contribution in [0.15, 0.2) is 24.3 Å². The lowest BCUT2D eigenvalue weighted by Gasteiger charge is -2.38. The van der Waals surface area contributed by atoms with Crippen molar-refractivity contribution in [1.29, 1.82) is 0 Å². The van der Waals surface area contributed by atoms with E-state index in [2.05, 4.69) is 10.2 Å². The van der Waals surface area contributed by atoms with Gasteiger partial charge in [-0.25, -0.2) is 4.39 Å². The van der Waals surface area contributed by atoms with E-state index in [9.17, 15) is 4.39 Å². The number of halogens is 1. The zero-order valence-corrected chi connectivity index (χ0v) is 11.5. The highest BCUT2D eigenvalue weighted by Gasteiger charge is 2.37. The first-order valence-electron chi connectivity index (χ1n) is 7.48. The Morgan fingerprint density at radius 2 is 1.68 bits per heavy atom. The highest BCUT2D eigenvalue weighted by atomic mass is 19.1. The van der Waals surface area contributed by atoms with Crippen molar-refractivity contribution in [2.45, 2.75) is 31.1 Å². The molecular weight excluding hydrogens is 239 g/mol. The third kappa shape index (κ3) is 2.82. The molecule has 2 fully saturated rings. The quantitative estimate of drug-likeness (QED) is 0.900. The summed E-state index contributed by atoms with van der Waals surface area (Å²) >= 11 is 0. The molecule has 2 aliphatic rings. The molecule has 1 aliphatic heterocycles. The fourth-order valence-corrected chi connectivity index (χ4v) is 3.69. The minimum atomic E-state index is -0.126. The van der Waals surface area contributed by atoms with Crippen molar-refractivity contribution in [3.05, 3.63) is 35.6 Å². The second kappa shape index (κ2) is 5.59. The number of rotatable bonds is 3. The Morgan fingerprint density at radius 1 is 1.05 bits per heavy atom. The van der Waals surface area contributed by atoms with Crippen molar-refractivity contribution in [2.24, 2.45) is 0 Å². The molecule has 1 aromatic rings. The van der Waals surface area contributed by atoms with Gasteiger partial charge in [-0.1, -0.05) is 25.0 Å². The highest BCUT2D eigenvalue weighted by Crippen LogP contribution is 2.41. The Kier molecular flexibility index (Phi) is 3.85. The van der Waals surface area contributed by atoms with E-state index in [0.717, 1.165) is 32.7 Å². The number of piperazine rings is 1. The maximum absolute atomic E-state index is 13.1. The number of benzene rings is 1. The van der Waals surface area contributed by atoms with Gasteiger partial charge in [-0.3, -0.25) is 4.90 Å². The molecule has 1 aliphatic carbocycles. The lowest BCUT2D eigenvalue weighted by atomic mass is 9.78. The smallest absolute Gasteiger partial charge is 0.123 e. The Balaban J connectivity index is 1.79. The first-order chi connectivity index (χ1) is 9.28. The SMILES string of the molecule is Fc1ccc(C2(CN3CCNCC3)CCCC2)cc1. The summed E-state index contributed by atoms with van der Waals surface area (Å²) in [5.41, 5.74) is 1.61. The minimum Gasteiger partial charge on any atom is -0.314 e. The third-order valence-corrected chi connectivity index (χ3v) is 4.75. The van der Waals surface area contributed by atoms with Crippen molar-refractivity contribution in [3.8, 4) is 0 Å². The molecule has 3 heteroatoms. The molecule has 0 bridgehead atoms. The van der Waals surface area contributed by atoms with Crippen LogP contribution in [0.4, 0.5) is 4.39 Å². The number of nitrogens with zero attached hydrogens (tertiary/aromatic N) is 1. The van der Waals surface area contributed by atoms with E-state index >= 15 is 0 Å².